The smallest absolute Gasteiger partial charge is 0.305 e. The van der Waals surface area contributed by atoms with Crippen molar-refractivity contribution in [2.75, 3.05) is 26.2 Å². The third-order valence-corrected chi connectivity index (χ3v) is 5.78. The summed E-state index contributed by atoms with van der Waals surface area (Å²) in [5, 5.41) is 27.0. The molecule has 1 unspecified atom stereocenters. The summed E-state index contributed by atoms with van der Waals surface area (Å²) in [6, 6.07) is -0.287. The zero-order valence-electron chi connectivity index (χ0n) is 20.5. The maximum Gasteiger partial charge on any atom is 0.305 e. The van der Waals surface area contributed by atoms with Crippen LogP contribution in [0.3, 0.4) is 0 Å². The van der Waals surface area contributed by atoms with Crippen molar-refractivity contribution < 1.29 is 34.5 Å². The minimum atomic E-state index is -0.989. The number of amides is 1. The van der Waals surface area contributed by atoms with E-state index < -0.39 is 17.9 Å². The van der Waals surface area contributed by atoms with Gasteiger partial charge in [-0.05, 0) is 13.3 Å². The van der Waals surface area contributed by atoms with Gasteiger partial charge in [0.25, 0.3) is 0 Å². The van der Waals surface area contributed by atoms with E-state index in [1.807, 2.05) is 6.92 Å². The second-order valence-electron chi connectivity index (χ2n) is 8.73. The Kier molecular flexibility index (Phi) is 18.1. The van der Waals surface area contributed by atoms with Gasteiger partial charge in [0.15, 0.2) is 0 Å². The average Bonchev–Trinajstić information content (AvgIpc) is 2.74. The fourth-order valence-corrected chi connectivity index (χ4v) is 3.76. The van der Waals surface area contributed by atoms with Gasteiger partial charge in [0.05, 0.1) is 19.3 Å². The SMILES string of the molecule is CCCCCCCCCCCC(=O)N(CCC(=O)O)CC(C)N(CCC(=O)O)CCC(=O)O. The van der Waals surface area contributed by atoms with Gasteiger partial charge in [-0.2, -0.15) is 0 Å². The summed E-state index contributed by atoms with van der Waals surface area (Å²) in [6.07, 6.45) is 10.2. The van der Waals surface area contributed by atoms with Gasteiger partial charge in [-0.3, -0.25) is 24.1 Å². The van der Waals surface area contributed by atoms with Crippen LogP contribution in [-0.2, 0) is 19.2 Å². The van der Waals surface area contributed by atoms with E-state index in [-0.39, 0.29) is 57.4 Å². The van der Waals surface area contributed by atoms with Crippen LogP contribution in [0.5, 0.6) is 0 Å². The highest BCUT2D eigenvalue weighted by Gasteiger charge is 2.22. The normalized spacial score (nSPS) is 12.0. The fraction of sp³-hybridized carbons (Fsp3) is 0.833. The summed E-state index contributed by atoms with van der Waals surface area (Å²) in [5.74, 6) is -3.06. The van der Waals surface area contributed by atoms with E-state index in [0.29, 0.717) is 6.42 Å². The van der Waals surface area contributed by atoms with Gasteiger partial charge in [-0.25, -0.2) is 0 Å². The summed E-state index contributed by atoms with van der Waals surface area (Å²) in [7, 11) is 0. The Balaban J connectivity index is 4.69. The van der Waals surface area contributed by atoms with Crippen LogP contribution >= 0.6 is 0 Å². The Bertz CT molecular complexity index is 565. The van der Waals surface area contributed by atoms with E-state index in [2.05, 4.69) is 6.92 Å². The van der Waals surface area contributed by atoms with Crippen LogP contribution in [0.4, 0.5) is 0 Å². The van der Waals surface area contributed by atoms with E-state index in [1.165, 1.54) is 43.4 Å². The Morgan fingerprint density at radius 1 is 0.636 bits per heavy atom. The first-order valence-electron chi connectivity index (χ1n) is 12.3. The number of unbranched alkanes of at least 4 members (excludes halogenated alkanes) is 8. The van der Waals surface area contributed by atoms with E-state index in [0.717, 1.165) is 19.3 Å². The molecule has 1 atom stereocenters. The van der Waals surface area contributed by atoms with E-state index in [4.69, 9.17) is 15.3 Å². The van der Waals surface area contributed by atoms with Gasteiger partial charge in [0.2, 0.25) is 5.91 Å². The lowest BCUT2D eigenvalue weighted by Gasteiger charge is -2.33. The molecule has 0 aromatic carbocycles. The van der Waals surface area contributed by atoms with Crippen molar-refractivity contribution in [1.29, 1.82) is 0 Å². The molecular weight excluding hydrogens is 428 g/mol. The summed E-state index contributed by atoms with van der Waals surface area (Å²) in [6.45, 7) is 4.67. The first kappa shape index (κ1) is 30.8. The van der Waals surface area contributed by atoms with Crippen LogP contribution in [0, 0.1) is 0 Å². The fourth-order valence-electron chi connectivity index (χ4n) is 3.76. The molecule has 0 radical (unpaired) electrons. The zero-order chi connectivity index (χ0) is 25.1. The lowest BCUT2D eigenvalue weighted by atomic mass is 10.1. The predicted octanol–water partition coefficient (Wildman–Crippen LogP) is 3.85. The van der Waals surface area contributed by atoms with Crippen molar-refractivity contribution in [2.45, 2.75) is 103 Å². The summed E-state index contributed by atoms with van der Waals surface area (Å²) in [4.78, 5) is 49.0. The van der Waals surface area contributed by atoms with Crippen molar-refractivity contribution in [2.24, 2.45) is 0 Å². The van der Waals surface area contributed by atoms with Gasteiger partial charge in [-0.15, -0.1) is 0 Å². The third kappa shape index (κ3) is 18.0. The Labute approximate surface area is 198 Å². The highest BCUT2D eigenvalue weighted by atomic mass is 16.4. The molecule has 0 aromatic heterocycles. The summed E-state index contributed by atoms with van der Waals surface area (Å²) in [5.41, 5.74) is 0. The molecule has 0 aliphatic rings. The molecule has 0 saturated heterocycles. The first-order chi connectivity index (χ1) is 15.7. The van der Waals surface area contributed by atoms with Crippen LogP contribution in [0.2, 0.25) is 0 Å². The molecule has 0 aliphatic heterocycles. The molecule has 0 aliphatic carbocycles. The van der Waals surface area contributed by atoms with Gasteiger partial charge < -0.3 is 20.2 Å². The average molecular weight is 473 g/mol. The molecule has 9 heteroatoms. The maximum absolute atomic E-state index is 12.8. The number of nitrogens with zero attached hydrogens (tertiary/aromatic N) is 2. The molecule has 0 spiro atoms. The van der Waals surface area contributed by atoms with Crippen LogP contribution in [0.15, 0.2) is 0 Å². The van der Waals surface area contributed by atoms with Crippen LogP contribution in [0.25, 0.3) is 0 Å². The minimum absolute atomic E-state index is 0.0850. The topological polar surface area (TPSA) is 135 Å². The third-order valence-electron chi connectivity index (χ3n) is 5.78. The summed E-state index contributed by atoms with van der Waals surface area (Å²) < 4.78 is 0. The number of carboxylic acids is 3. The highest BCUT2D eigenvalue weighted by Crippen LogP contribution is 2.13. The van der Waals surface area contributed by atoms with Gasteiger partial charge in [0.1, 0.15) is 0 Å². The molecule has 1 amide bonds. The molecule has 3 N–H and O–H groups in total. The molecule has 0 aromatic rings. The Hall–Kier alpha value is -2.16. The van der Waals surface area contributed by atoms with E-state index in [1.54, 1.807) is 4.90 Å². The molecule has 0 heterocycles. The number of hydrogen-bond donors (Lipinski definition) is 3. The lowest BCUT2D eigenvalue weighted by Crippen LogP contribution is -2.46. The largest absolute Gasteiger partial charge is 0.481 e. The maximum atomic E-state index is 12.8. The van der Waals surface area contributed by atoms with Crippen LogP contribution in [-0.4, -0.2) is 81.2 Å². The second-order valence-corrected chi connectivity index (χ2v) is 8.73. The van der Waals surface area contributed by atoms with E-state index >= 15 is 0 Å². The number of aliphatic carboxylic acids is 3. The van der Waals surface area contributed by atoms with Gasteiger partial charge in [-0.1, -0.05) is 58.3 Å². The second kappa shape index (κ2) is 19.3. The molecule has 0 rings (SSSR count). The molecule has 33 heavy (non-hydrogen) atoms. The Morgan fingerprint density at radius 2 is 1.06 bits per heavy atom. The van der Waals surface area contributed by atoms with Crippen LogP contribution in [0.1, 0.15) is 97.3 Å². The van der Waals surface area contributed by atoms with Crippen molar-refractivity contribution >= 4 is 23.8 Å². The van der Waals surface area contributed by atoms with Crippen molar-refractivity contribution in [3.8, 4) is 0 Å². The number of carboxylic acid groups (broad SMARTS) is 3. The van der Waals surface area contributed by atoms with Crippen LogP contribution < -0.4 is 0 Å². The number of rotatable bonds is 22. The molecular formula is C24H44N2O7. The highest BCUT2D eigenvalue weighted by molar-refractivity contribution is 5.77. The van der Waals surface area contributed by atoms with Crippen molar-refractivity contribution in [3.63, 3.8) is 0 Å². The molecule has 0 saturated carbocycles. The van der Waals surface area contributed by atoms with E-state index in [9.17, 15) is 19.2 Å². The van der Waals surface area contributed by atoms with Gasteiger partial charge in [0, 0.05) is 38.6 Å². The number of carbonyl (C=O) groups excluding carboxylic acids is 1. The first-order valence-corrected chi connectivity index (χ1v) is 12.3. The lowest BCUT2D eigenvalue weighted by molar-refractivity contribution is -0.141. The monoisotopic (exact) mass is 472 g/mol. The molecule has 192 valence electrons. The zero-order valence-corrected chi connectivity index (χ0v) is 20.5. The predicted molar refractivity (Wildman–Crippen MR) is 126 cm³/mol. The van der Waals surface area contributed by atoms with Crippen molar-refractivity contribution in [3.05, 3.63) is 0 Å². The van der Waals surface area contributed by atoms with Crippen molar-refractivity contribution in [1.82, 2.24) is 9.80 Å². The number of hydrogen-bond acceptors (Lipinski definition) is 5. The standard InChI is InChI=1S/C24H44N2O7/c1-3-4-5-6-7-8-9-10-11-12-21(27)26(18-15-24(32)33)19-20(2)25(16-13-22(28)29)17-14-23(30)31/h20H,3-19H2,1-2H3,(H,28,29)(H,30,31)(H,32,33). The molecule has 0 fully saturated rings. The minimum Gasteiger partial charge on any atom is -0.481 e. The molecule has 0 bridgehead atoms. The summed E-state index contributed by atoms with van der Waals surface area (Å²) >= 11 is 0. The number of carbonyl (C=O) groups is 4. The molecule has 9 nitrogen and oxygen atoms in total. The Morgan fingerprint density at radius 3 is 1.52 bits per heavy atom. The van der Waals surface area contributed by atoms with Gasteiger partial charge >= 0.3 is 17.9 Å². The quantitative estimate of drug-likeness (QED) is 0.202.